The third-order valence-corrected chi connectivity index (χ3v) is 7.40. The van der Waals surface area contributed by atoms with Crippen molar-refractivity contribution >= 4 is 23.3 Å². The van der Waals surface area contributed by atoms with E-state index in [1.165, 1.54) is 50.9 Å². The van der Waals surface area contributed by atoms with E-state index in [0.717, 1.165) is 36.4 Å². The maximum atomic E-state index is 6.11. The number of benzene rings is 1. The Kier molecular flexibility index (Phi) is 5.50. The molecule has 0 amide bonds. The summed E-state index contributed by atoms with van der Waals surface area (Å²) in [4.78, 5) is 7.97. The number of amidine groups is 2. The standard InChI is InChI=1S/C22H31ClN6/c23-17-5-3-16(4-6-17)12-20-14-28-9-1-2-19(28)15-29(20)18-7-10-27(11-8-18)22-13-21(24)25-26-22/h3-6,18-20H,1-2,7-15H2,(H2,24,25)/t19-,20-/m0/s1. The molecule has 7 heteroatoms. The zero-order chi connectivity index (χ0) is 19.8. The Morgan fingerprint density at radius 3 is 2.48 bits per heavy atom. The van der Waals surface area contributed by atoms with Crippen LogP contribution in [0.5, 0.6) is 0 Å². The van der Waals surface area contributed by atoms with Gasteiger partial charge in [0.1, 0.15) is 11.7 Å². The van der Waals surface area contributed by atoms with Gasteiger partial charge in [-0.25, -0.2) is 0 Å². The summed E-state index contributed by atoms with van der Waals surface area (Å²) >= 11 is 6.11. The molecule has 0 radical (unpaired) electrons. The van der Waals surface area contributed by atoms with Crippen LogP contribution in [-0.2, 0) is 6.42 Å². The second-order valence-corrected chi connectivity index (χ2v) is 9.41. The molecule has 3 fully saturated rings. The first-order valence-corrected chi connectivity index (χ1v) is 11.4. The number of rotatable bonds is 3. The van der Waals surface area contributed by atoms with Crippen molar-refractivity contribution in [3.05, 3.63) is 34.9 Å². The van der Waals surface area contributed by atoms with Crippen LogP contribution >= 0.6 is 11.6 Å². The van der Waals surface area contributed by atoms with Crippen molar-refractivity contribution in [1.82, 2.24) is 14.7 Å². The van der Waals surface area contributed by atoms with Crippen molar-refractivity contribution in [3.63, 3.8) is 0 Å². The summed E-state index contributed by atoms with van der Waals surface area (Å²) in [5.41, 5.74) is 7.21. The van der Waals surface area contributed by atoms with Crippen molar-refractivity contribution in [2.75, 3.05) is 32.7 Å². The number of halogens is 1. The molecule has 0 unspecified atom stereocenters. The summed E-state index contributed by atoms with van der Waals surface area (Å²) in [6.07, 6.45) is 6.93. The Morgan fingerprint density at radius 2 is 1.76 bits per heavy atom. The Labute approximate surface area is 178 Å². The van der Waals surface area contributed by atoms with Crippen molar-refractivity contribution in [2.24, 2.45) is 15.9 Å². The van der Waals surface area contributed by atoms with Crippen molar-refractivity contribution < 1.29 is 0 Å². The van der Waals surface area contributed by atoms with E-state index in [4.69, 9.17) is 17.3 Å². The van der Waals surface area contributed by atoms with Gasteiger partial charge in [0.25, 0.3) is 0 Å². The zero-order valence-electron chi connectivity index (χ0n) is 17.0. The second kappa shape index (κ2) is 8.25. The van der Waals surface area contributed by atoms with Crippen LogP contribution in [0.15, 0.2) is 34.5 Å². The minimum absolute atomic E-state index is 0.588. The van der Waals surface area contributed by atoms with Gasteiger partial charge in [-0.3, -0.25) is 9.80 Å². The maximum Gasteiger partial charge on any atom is 0.135 e. The van der Waals surface area contributed by atoms with Gasteiger partial charge in [0.2, 0.25) is 0 Å². The first-order valence-electron chi connectivity index (χ1n) is 11.0. The monoisotopic (exact) mass is 414 g/mol. The number of nitrogens with two attached hydrogens (primary N) is 1. The van der Waals surface area contributed by atoms with E-state index in [-0.39, 0.29) is 0 Å². The predicted molar refractivity (Wildman–Crippen MR) is 119 cm³/mol. The molecular weight excluding hydrogens is 384 g/mol. The van der Waals surface area contributed by atoms with Crippen LogP contribution in [0.25, 0.3) is 0 Å². The lowest BCUT2D eigenvalue weighted by Gasteiger charge is -2.49. The van der Waals surface area contributed by atoms with Gasteiger partial charge in [0.05, 0.1) is 6.42 Å². The molecule has 1 aromatic rings. The van der Waals surface area contributed by atoms with Crippen molar-refractivity contribution in [3.8, 4) is 0 Å². The number of likely N-dealkylation sites (tertiary alicyclic amines) is 1. The first kappa shape index (κ1) is 19.3. The normalized spacial score (nSPS) is 29.1. The summed E-state index contributed by atoms with van der Waals surface area (Å²) < 4.78 is 0. The van der Waals surface area contributed by atoms with Crippen LogP contribution in [0, 0.1) is 0 Å². The van der Waals surface area contributed by atoms with Crippen LogP contribution in [0.4, 0.5) is 0 Å². The summed E-state index contributed by atoms with van der Waals surface area (Å²) in [6.45, 7) is 5.82. The van der Waals surface area contributed by atoms with Gasteiger partial charge >= 0.3 is 0 Å². The molecule has 0 aliphatic carbocycles. The molecule has 1 aromatic carbocycles. The summed E-state index contributed by atoms with van der Waals surface area (Å²) in [6, 6.07) is 10.4. The van der Waals surface area contributed by atoms with Crippen LogP contribution in [-0.4, -0.2) is 77.2 Å². The van der Waals surface area contributed by atoms with E-state index in [2.05, 4.69) is 37.0 Å². The highest BCUT2D eigenvalue weighted by molar-refractivity contribution is 6.30. The number of piperidine rings is 1. The maximum absolute atomic E-state index is 6.11. The molecule has 29 heavy (non-hydrogen) atoms. The molecule has 6 nitrogen and oxygen atoms in total. The number of piperazine rings is 1. The fourth-order valence-corrected chi connectivity index (χ4v) is 5.74. The third kappa shape index (κ3) is 4.16. The number of nitrogens with zero attached hydrogens (tertiary/aromatic N) is 5. The average Bonchev–Trinajstić information content (AvgIpc) is 3.38. The van der Waals surface area contributed by atoms with Gasteiger partial charge in [0, 0.05) is 49.3 Å². The highest BCUT2D eigenvalue weighted by Gasteiger charge is 2.40. The van der Waals surface area contributed by atoms with Gasteiger partial charge in [-0.1, -0.05) is 23.7 Å². The molecule has 156 valence electrons. The van der Waals surface area contributed by atoms with E-state index in [1.54, 1.807) is 0 Å². The topological polar surface area (TPSA) is 60.5 Å². The number of fused-ring (bicyclic) bond motifs is 1. The Morgan fingerprint density at radius 1 is 0.966 bits per heavy atom. The van der Waals surface area contributed by atoms with Gasteiger partial charge < -0.3 is 10.6 Å². The van der Waals surface area contributed by atoms with Crippen molar-refractivity contribution in [2.45, 2.75) is 56.7 Å². The third-order valence-electron chi connectivity index (χ3n) is 7.15. The van der Waals surface area contributed by atoms with Crippen LogP contribution in [0.2, 0.25) is 5.02 Å². The van der Waals surface area contributed by atoms with E-state index in [9.17, 15) is 0 Å². The summed E-state index contributed by atoms with van der Waals surface area (Å²) in [7, 11) is 0. The van der Waals surface area contributed by atoms with Crippen molar-refractivity contribution in [1.29, 1.82) is 0 Å². The first-order chi connectivity index (χ1) is 14.2. The molecular formula is C22H31ClN6. The smallest absolute Gasteiger partial charge is 0.135 e. The molecule has 0 spiro atoms. The molecule has 2 N–H and O–H groups in total. The Balaban J connectivity index is 1.26. The minimum atomic E-state index is 0.588. The van der Waals surface area contributed by atoms with Gasteiger partial charge in [-0.05, 0) is 56.3 Å². The second-order valence-electron chi connectivity index (χ2n) is 8.97. The number of hydrogen-bond acceptors (Lipinski definition) is 6. The molecule has 3 saturated heterocycles. The quantitative estimate of drug-likeness (QED) is 0.825. The zero-order valence-corrected chi connectivity index (χ0v) is 17.8. The van der Waals surface area contributed by atoms with Gasteiger partial charge in [-0.15, -0.1) is 10.2 Å². The molecule has 0 aromatic heterocycles. The lowest BCUT2D eigenvalue weighted by molar-refractivity contribution is 0.00450. The lowest BCUT2D eigenvalue weighted by atomic mass is 9.94. The molecule has 4 heterocycles. The largest absolute Gasteiger partial charge is 0.385 e. The fourth-order valence-electron chi connectivity index (χ4n) is 5.62. The molecule has 0 saturated carbocycles. The molecule has 4 aliphatic heterocycles. The van der Waals surface area contributed by atoms with E-state index in [1.807, 2.05) is 12.1 Å². The SMILES string of the molecule is NC1=NN=C(N2CCC(N3C[C@@H]4CCCN4C[C@@H]3Cc3ccc(Cl)cc3)CC2)C1. The van der Waals surface area contributed by atoms with Crippen LogP contribution in [0.3, 0.4) is 0 Å². The van der Waals surface area contributed by atoms with Gasteiger partial charge in [0.15, 0.2) is 0 Å². The lowest BCUT2D eigenvalue weighted by Crippen LogP contribution is -2.61. The van der Waals surface area contributed by atoms with Gasteiger partial charge in [-0.2, -0.15) is 0 Å². The van der Waals surface area contributed by atoms with E-state index >= 15 is 0 Å². The highest BCUT2D eigenvalue weighted by Crippen LogP contribution is 2.31. The molecule has 4 aliphatic rings. The molecule has 5 rings (SSSR count). The minimum Gasteiger partial charge on any atom is -0.385 e. The predicted octanol–water partition coefficient (Wildman–Crippen LogP) is 2.57. The van der Waals surface area contributed by atoms with Crippen LogP contribution < -0.4 is 5.73 Å². The summed E-state index contributed by atoms with van der Waals surface area (Å²) in [5, 5.41) is 9.11. The highest BCUT2D eigenvalue weighted by atomic mass is 35.5. The number of hydrogen-bond donors (Lipinski definition) is 1. The Hall–Kier alpha value is -1.63. The fraction of sp³-hybridized carbons (Fsp3) is 0.636. The molecule has 2 atom stereocenters. The Bertz CT molecular complexity index is 783. The molecule has 0 bridgehead atoms. The average molecular weight is 415 g/mol. The van der Waals surface area contributed by atoms with Crippen LogP contribution in [0.1, 0.15) is 37.7 Å². The van der Waals surface area contributed by atoms with E-state index < -0.39 is 0 Å². The van der Waals surface area contributed by atoms with E-state index in [0.29, 0.717) is 24.3 Å². The summed E-state index contributed by atoms with van der Waals surface area (Å²) in [5.74, 6) is 1.70.